The summed E-state index contributed by atoms with van der Waals surface area (Å²) >= 11 is 0. The number of nitrogens with one attached hydrogen (secondary N) is 1. The number of rotatable bonds is 13. The Morgan fingerprint density at radius 3 is 2.03 bits per heavy atom. The summed E-state index contributed by atoms with van der Waals surface area (Å²) < 4.78 is 25.9. The summed E-state index contributed by atoms with van der Waals surface area (Å²) in [5.74, 6) is 1.91. The van der Waals surface area contributed by atoms with Crippen LogP contribution in [-0.4, -0.2) is 72.0 Å². The summed E-state index contributed by atoms with van der Waals surface area (Å²) in [6.45, 7) is 0.777. The second-order valence-corrected chi connectivity index (χ2v) is 7.23. The fraction of sp³-hybridized carbons (Fsp3) is 0.417. The van der Waals surface area contributed by atoms with Crippen molar-refractivity contribution in [1.29, 1.82) is 0 Å². The average Bonchev–Trinajstić information content (AvgIpc) is 2.83. The lowest BCUT2D eigenvalue weighted by molar-refractivity contribution is -0.142. The quantitative estimate of drug-likeness (QED) is 0.454. The molecular weight excluding hydrogens is 428 g/mol. The third-order valence-corrected chi connectivity index (χ3v) is 4.95. The van der Waals surface area contributed by atoms with Crippen LogP contribution in [0.5, 0.6) is 23.0 Å². The van der Waals surface area contributed by atoms with E-state index in [-0.39, 0.29) is 19.0 Å². The van der Waals surface area contributed by atoms with Gasteiger partial charge in [0.1, 0.15) is 11.5 Å². The second kappa shape index (κ2) is 13.2. The van der Waals surface area contributed by atoms with Gasteiger partial charge in [-0.25, -0.2) is 0 Å². The van der Waals surface area contributed by atoms with E-state index in [9.17, 15) is 9.59 Å². The number of methoxy groups -OCH3 is 5. The highest BCUT2D eigenvalue weighted by molar-refractivity contribution is 5.79. The molecule has 9 heteroatoms. The fourth-order valence-corrected chi connectivity index (χ4v) is 3.27. The zero-order valence-electron chi connectivity index (χ0n) is 19.8. The first-order valence-corrected chi connectivity index (χ1v) is 10.4. The van der Waals surface area contributed by atoms with E-state index in [0.29, 0.717) is 42.5 Å². The maximum absolute atomic E-state index is 12.6. The van der Waals surface area contributed by atoms with Crippen LogP contribution in [0.3, 0.4) is 0 Å². The zero-order valence-corrected chi connectivity index (χ0v) is 19.8. The maximum Gasteiger partial charge on any atom is 0.319 e. The van der Waals surface area contributed by atoms with Gasteiger partial charge in [-0.1, -0.05) is 6.07 Å². The molecule has 0 atom stereocenters. The molecule has 0 aliphatic heterocycles. The molecule has 0 aliphatic carbocycles. The van der Waals surface area contributed by atoms with Crippen molar-refractivity contribution in [2.45, 2.75) is 13.0 Å². The van der Waals surface area contributed by atoms with E-state index >= 15 is 0 Å². The van der Waals surface area contributed by atoms with E-state index in [1.165, 1.54) is 7.11 Å². The highest BCUT2D eigenvalue weighted by Gasteiger charge is 2.17. The standard InChI is InChI=1S/C24H32N2O7/c1-29-19-10-18(11-20(13-19)30-2)14-26(16-24(28)33-5)15-23(27)25-9-8-17-6-7-21(31-3)22(12-17)32-4/h6-7,10-13H,8-9,14-16H2,1-5H3,(H,25,27). The van der Waals surface area contributed by atoms with Gasteiger partial charge in [-0.15, -0.1) is 0 Å². The Morgan fingerprint density at radius 1 is 0.788 bits per heavy atom. The molecule has 2 aromatic rings. The molecule has 180 valence electrons. The van der Waals surface area contributed by atoms with Crippen molar-refractivity contribution < 1.29 is 33.3 Å². The van der Waals surface area contributed by atoms with E-state index in [1.54, 1.807) is 39.4 Å². The van der Waals surface area contributed by atoms with Crippen molar-refractivity contribution in [1.82, 2.24) is 10.2 Å². The van der Waals surface area contributed by atoms with Crippen LogP contribution in [0.4, 0.5) is 0 Å². The van der Waals surface area contributed by atoms with Crippen molar-refractivity contribution in [3.63, 3.8) is 0 Å². The lowest BCUT2D eigenvalue weighted by Crippen LogP contribution is -2.40. The van der Waals surface area contributed by atoms with E-state index in [0.717, 1.165) is 11.1 Å². The molecule has 0 bridgehead atoms. The van der Waals surface area contributed by atoms with Gasteiger partial charge in [0.25, 0.3) is 0 Å². The molecule has 33 heavy (non-hydrogen) atoms. The number of hydrogen-bond donors (Lipinski definition) is 1. The van der Waals surface area contributed by atoms with Gasteiger partial charge in [-0.2, -0.15) is 0 Å². The minimum atomic E-state index is -0.428. The first kappa shape index (κ1) is 25.8. The highest BCUT2D eigenvalue weighted by Crippen LogP contribution is 2.27. The van der Waals surface area contributed by atoms with Gasteiger partial charge >= 0.3 is 5.97 Å². The fourth-order valence-electron chi connectivity index (χ4n) is 3.27. The van der Waals surface area contributed by atoms with Crippen LogP contribution in [0.2, 0.25) is 0 Å². The van der Waals surface area contributed by atoms with Crippen LogP contribution in [0.15, 0.2) is 36.4 Å². The summed E-state index contributed by atoms with van der Waals surface area (Å²) in [4.78, 5) is 26.2. The van der Waals surface area contributed by atoms with Crippen molar-refractivity contribution in [3.05, 3.63) is 47.5 Å². The van der Waals surface area contributed by atoms with Gasteiger partial charge in [0.05, 0.1) is 48.6 Å². The summed E-state index contributed by atoms with van der Waals surface area (Å²) in [7, 11) is 7.61. The Bertz CT molecular complexity index is 911. The SMILES string of the molecule is COC(=O)CN(CC(=O)NCCc1ccc(OC)c(OC)c1)Cc1cc(OC)cc(OC)c1. The molecule has 9 nitrogen and oxygen atoms in total. The van der Waals surface area contributed by atoms with E-state index in [1.807, 2.05) is 30.3 Å². The molecule has 0 aliphatic rings. The third-order valence-electron chi connectivity index (χ3n) is 4.95. The van der Waals surface area contributed by atoms with E-state index in [2.05, 4.69) is 5.32 Å². The number of benzene rings is 2. The van der Waals surface area contributed by atoms with Crippen LogP contribution in [0, 0.1) is 0 Å². The average molecular weight is 461 g/mol. The predicted molar refractivity (Wildman–Crippen MR) is 123 cm³/mol. The van der Waals surface area contributed by atoms with Gasteiger partial charge in [0.2, 0.25) is 5.91 Å². The van der Waals surface area contributed by atoms with Crippen molar-refractivity contribution in [3.8, 4) is 23.0 Å². The normalized spacial score (nSPS) is 10.5. The topological polar surface area (TPSA) is 95.6 Å². The highest BCUT2D eigenvalue weighted by atomic mass is 16.5. The Balaban J connectivity index is 1.99. The molecule has 0 saturated carbocycles. The Labute approximate surface area is 194 Å². The number of ether oxygens (including phenoxy) is 5. The number of amides is 1. The largest absolute Gasteiger partial charge is 0.497 e. The Hall–Kier alpha value is -3.46. The van der Waals surface area contributed by atoms with E-state index < -0.39 is 5.97 Å². The van der Waals surface area contributed by atoms with Crippen molar-refractivity contribution >= 4 is 11.9 Å². The molecule has 0 aromatic heterocycles. The van der Waals surface area contributed by atoms with Crippen LogP contribution < -0.4 is 24.3 Å². The van der Waals surface area contributed by atoms with Crippen LogP contribution in [0.1, 0.15) is 11.1 Å². The second-order valence-electron chi connectivity index (χ2n) is 7.23. The molecule has 1 N–H and O–H groups in total. The summed E-state index contributed by atoms with van der Waals surface area (Å²) in [6, 6.07) is 11.1. The van der Waals surface area contributed by atoms with Crippen molar-refractivity contribution in [2.24, 2.45) is 0 Å². The summed E-state index contributed by atoms with van der Waals surface area (Å²) in [5, 5.41) is 2.90. The Kier molecular flexibility index (Phi) is 10.3. The number of hydrogen-bond acceptors (Lipinski definition) is 8. The monoisotopic (exact) mass is 460 g/mol. The first-order chi connectivity index (χ1) is 15.9. The van der Waals surface area contributed by atoms with Gasteiger partial charge in [-0.05, 0) is 41.8 Å². The number of carbonyl (C=O) groups excluding carboxylic acids is 2. The van der Waals surface area contributed by atoms with Crippen LogP contribution in [0.25, 0.3) is 0 Å². The molecule has 1 amide bonds. The first-order valence-electron chi connectivity index (χ1n) is 10.4. The van der Waals surface area contributed by atoms with Crippen molar-refractivity contribution in [2.75, 3.05) is 55.2 Å². The Morgan fingerprint density at radius 2 is 1.45 bits per heavy atom. The minimum Gasteiger partial charge on any atom is -0.497 e. The van der Waals surface area contributed by atoms with Gasteiger partial charge in [-0.3, -0.25) is 14.5 Å². The smallest absolute Gasteiger partial charge is 0.319 e. The van der Waals surface area contributed by atoms with Crippen LogP contribution in [-0.2, 0) is 27.3 Å². The molecule has 0 unspecified atom stereocenters. The third kappa shape index (κ3) is 8.19. The summed E-state index contributed by atoms with van der Waals surface area (Å²) in [5.41, 5.74) is 1.84. The van der Waals surface area contributed by atoms with Crippen LogP contribution >= 0.6 is 0 Å². The molecular formula is C24H32N2O7. The van der Waals surface area contributed by atoms with Gasteiger partial charge < -0.3 is 29.0 Å². The molecule has 0 heterocycles. The summed E-state index contributed by atoms with van der Waals surface area (Å²) in [6.07, 6.45) is 0.621. The van der Waals surface area contributed by atoms with Gasteiger partial charge in [0.15, 0.2) is 11.5 Å². The molecule has 0 spiro atoms. The lowest BCUT2D eigenvalue weighted by atomic mass is 10.1. The number of esters is 1. The van der Waals surface area contributed by atoms with E-state index in [4.69, 9.17) is 23.7 Å². The maximum atomic E-state index is 12.6. The predicted octanol–water partition coefficient (Wildman–Crippen LogP) is 2.05. The molecule has 0 radical (unpaired) electrons. The van der Waals surface area contributed by atoms with Gasteiger partial charge in [0, 0.05) is 19.2 Å². The number of carbonyl (C=O) groups is 2. The lowest BCUT2D eigenvalue weighted by Gasteiger charge is -2.21. The number of nitrogens with zero attached hydrogens (tertiary/aromatic N) is 1. The molecule has 0 fully saturated rings. The minimum absolute atomic E-state index is 0.0283. The zero-order chi connectivity index (χ0) is 24.2. The molecule has 0 saturated heterocycles. The molecule has 2 rings (SSSR count). The molecule has 2 aromatic carbocycles.